The molecule has 3 aliphatic carbocycles. The van der Waals surface area contributed by atoms with E-state index < -0.39 is 0 Å². The Morgan fingerprint density at radius 2 is 2.03 bits per heavy atom. The first kappa shape index (κ1) is 21.9. The summed E-state index contributed by atoms with van der Waals surface area (Å²) < 4.78 is 6.21. The summed E-state index contributed by atoms with van der Waals surface area (Å²) in [5, 5.41) is 12.9. The van der Waals surface area contributed by atoms with E-state index in [1.54, 1.807) is 15.9 Å². The SMILES string of the molecule is CCCCOc1cc2c(cc1CC)C1CC[C@@]3(C)C(CC[C@@H]3Cc3nnn(C)n3)C1CC2. The molecule has 2 fully saturated rings. The maximum atomic E-state index is 6.21. The van der Waals surface area contributed by atoms with Gasteiger partial charge in [-0.3, -0.25) is 0 Å². The van der Waals surface area contributed by atoms with Gasteiger partial charge < -0.3 is 4.74 Å². The van der Waals surface area contributed by atoms with Gasteiger partial charge in [-0.1, -0.05) is 33.3 Å². The Kier molecular flexibility index (Phi) is 6.02. The minimum Gasteiger partial charge on any atom is -0.493 e. The molecule has 2 saturated carbocycles. The molecule has 0 radical (unpaired) electrons. The number of hydrogen-bond acceptors (Lipinski definition) is 4. The Morgan fingerprint density at radius 1 is 1.16 bits per heavy atom. The predicted molar refractivity (Wildman–Crippen MR) is 127 cm³/mol. The molecule has 32 heavy (non-hydrogen) atoms. The number of aromatic nitrogens is 4. The van der Waals surface area contributed by atoms with Crippen molar-refractivity contribution in [3.05, 3.63) is 34.6 Å². The summed E-state index contributed by atoms with van der Waals surface area (Å²) >= 11 is 0. The Hall–Kier alpha value is -1.91. The first-order valence-electron chi connectivity index (χ1n) is 13.0. The first-order valence-corrected chi connectivity index (χ1v) is 13.0. The standard InChI is InChI=1S/C27H40N4O/c1-5-7-14-32-25-16-19-8-10-22-21(23(19)15-18(25)6-2)12-13-27(3)20(9-11-24(22)27)17-26-28-30-31(4)29-26/h15-16,20-22,24H,5-14,17H2,1-4H3/t20-,21?,22?,24?,27-/m1/s1. The van der Waals surface area contributed by atoms with Crippen molar-refractivity contribution in [1.82, 2.24) is 20.2 Å². The summed E-state index contributed by atoms with van der Waals surface area (Å²) in [5.41, 5.74) is 5.06. The lowest BCUT2D eigenvalue weighted by Crippen LogP contribution is -2.42. The molecule has 0 amide bonds. The molecule has 0 saturated heterocycles. The van der Waals surface area contributed by atoms with Gasteiger partial charge in [0, 0.05) is 6.42 Å². The van der Waals surface area contributed by atoms with Gasteiger partial charge in [-0.15, -0.1) is 10.2 Å². The highest BCUT2D eigenvalue weighted by Gasteiger charge is 2.54. The fourth-order valence-electron chi connectivity index (χ4n) is 7.45. The molecule has 174 valence electrons. The molecule has 0 aliphatic heterocycles. The molecular formula is C27H40N4O. The van der Waals surface area contributed by atoms with E-state index in [4.69, 9.17) is 4.74 Å². The van der Waals surface area contributed by atoms with E-state index in [9.17, 15) is 0 Å². The molecular weight excluding hydrogens is 396 g/mol. The highest BCUT2D eigenvalue weighted by atomic mass is 16.5. The topological polar surface area (TPSA) is 52.8 Å². The second-order valence-electron chi connectivity index (χ2n) is 10.8. The minimum atomic E-state index is 0.425. The summed E-state index contributed by atoms with van der Waals surface area (Å²) in [7, 11) is 1.87. The van der Waals surface area contributed by atoms with Gasteiger partial charge in [0.2, 0.25) is 0 Å². The van der Waals surface area contributed by atoms with Crippen LogP contribution >= 0.6 is 0 Å². The van der Waals surface area contributed by atoms with Gasteiger partial charge in [-0.2, -0.15) is 4.80 Å². The lowest BCUT2D eigenvalue weighted by Gasteiger charge is -2.51. The van der Waals surface area contributed by atoms with E-state index >= 15 is 0 Å². The molecule has 1 aromatic carbocycles. The van der Waals surface area contributed by atoms with Crippen LogP contribution in [0.3, 0.4) is 0 Å². The van der Waals surface area contributed by atoms with Crippen molar-refractivity contribution in [2.24, 2.45) is 30.2 Å². The zero-order valence-corrected chi connectivity index (χ0v) is 20.4. The molecule has 0 bridgehead atoms. The predicted octanol–water partition coefficient (Wildman–Crippen LogP) is 5.67. The summed E-state index contributed by atoms with van der Waals surface area (Å²) in [6, 6.07) is 4.94. The number of fused-ring (bicyclic) bond motifs is 5. The van der Waals surface area contributed by atoms with Crippen molar-refractivity contribution in [2.45, 2.75) is 90.9 Å². The molecule has 3 aliphatic rings. The molecule has 5 atom stereocenters. The normalized spacial score (nSPS) is 31.1. The molecule has 2 aromatic rings. The van der Waals surface area contributed by atoms with E-state index in [0.29, 0.717) is 11.3 Å². The van der Waals surface area contributed by atoms with Crippen LogP contribution in [0, 0.1) is 23.2 Å². The van der Waals surface area contributed by atoms with Crippen molar-refractivity contribution < 1.29 is 4.74 Å². The van der Waals surface area contributed by atoms with Crippen LogP contribution in [0.5, 0.6) is 5.75 Å². The van der Waals surface area contributed by atoms with Gasteiger partial charge in [-0.25, -0.2) is 0 Å². The number of benzene rings is 1. The Morgan fingerprint density at radius 3 is 2.78 bits per heavy atom. The van der Waals surface area contributed by atoms with Crippen LogP contribution in [0.1, 0.15) is 94.1 Å². The molecule has 5 nitrogen and oxygen atoms in total. The van der Waals surface area contributed by atoms with Crippen LogP contribution in [-0.2, 0) is 26.3 Å². The maximum absolute atomic E-state index is 6.21. The molecule has 3 unspecified atom stereocenters. The molecule has 0 N–H and O–H groups in total. The van der Waals surface area contributed by atoms with E-state index in [2.05, 4.69) is 48.3 Å². The van der Waals surface area contributed by atoms with Crippen LogP contribution in [-0.4, -0.2) is 26.8 Å². The molecule has 5 heteroatoms. The van der Waals surface area contributed by atoms with Crippen molar-refractivity contribution in [1.29, 1.82) is 0 Å². The average Bonchev–Trinajstić information content (AvgIpc) is 3.36. The highest BCUT2D eigenvalue weighted by molar-refractivity contribution is 5.46. The number of rotatable bonds is 7. The van der Waals surface area contributed by atoms with Gasteiger partial charge in [0.15, 0.2) is 5.82 Å². The van der Waals surface area contributed by atoms with E-state index in [0.717, 1.165) is 55.2 Å². The fourth-order valence-corrected chi connectivity index (χ4v) is 7.45. The van der Waals surface area contributed by atoms with Crippen LogP contribution in [0.4, 0.5) is 0 Å². The third-order valence-corrected chi connectivity index (χ3v) is 9.22. The number of unbranched alkanes of at least 4 members (excludes halogenated alkanes) is 1. The molecule has 1 heterocycles. The zero-order chi connectivity index (χ0) is 22.3. The van der Waals surface area contributed by atoms with Gasteiger partial charge in [0.1, 0.15) is 5.75 Å². The number of aryl methyl sites for hydroxylation is 3. The van der Waals surface area contributed by atoms with Gasteiger partial charge >= 0.3 is 0 Å². The van der Waals surface area contributed by atoms with Gasteiger partial charge in [0.05, 0.1) is 13.7 Å². The van der Waals surface area contributed by atoms with Crippen LogP contribution < -0.4 is 4.74 Å². The summed E-state index contributed by atoms with van der Waals surface area (Å²) in [5.74, 6) is 5.17. The highest BCUT2D eigenvalue weighted by Crippen LogP contribution is 2.63. The van der Waals surface area contributed by atoms with Crippen molar-refractivity contribution >= 4 is 0 Å². The van der Waals surface area contributed by atoms with Crippen LogP contribution in [0.2, 0.25) is 0 Å². The third-order valence-electron chi connectivity index (χ3n) is 9.22. The Balaban J connectivity index is 1.37. The summed E-state index contributed by atoms with van der Waals surface area (Å²) in [6.45, 7) is 7.93. The molecule has 5 rings (SSSR count). The van der Waals surface area contributed by atoms with Crippen LogP contribution in [0.15, 0.2) is 12.1 Å². The van der Waals surface area contributed by atoms with E-state index in [1.807, 2.05) is 7.05 Å². The maximum Gasteiger partial charge on any atom is 0.175 e. The van der Waals surface area contributed by atoms with Crippen molar-refractivity contribution in [3.63, 3.8) is 0 Å². The van der Waals surface area contributed by atoms with Gasteiger partial charge in [0.25, 0.3) is 0 Å². The lowest BCUT2D eigenvalue weighted by atomic mass is 9.54. The Bertz CT molecular complexity index is 953. The summed E-state index contributed by atoms with van der Waals surface area (Å²) in [6.07, 6.45) is 12.3. The third kappa shape index (κ3) is 3.76. The summed E-state index contributed by atoms with van der Waals surface area (Å²) in [4.78, 5) is 1.60. The molecule has 1 aromatic heterocycles. The number of tetrazole rings is 1. The quantitative estimate of drug-likeness (QED) is 0.525. The van der Waals surface area contributed by atoms with Crippen molar-refractivity contribution in [2.75, 3.05) is 6.61 Å². The zero-order valence-electron chi connectivity index (χ0n) is 20.4. The van der Waals surface area contributed by atoms with E-state index in [1.165, 1.54) is 50.5 Å². The lowest BCUT2D eigenvalue weighted by molar-refractivity contribution is 0.0279. The van der Waals surface area contributed by atoms with Crippen LogP contribution in [0.25, 0.3) is 0 Å². The monoisotopic (exact) mass is 436 g/mol. The number of ether oxygens (including phenoxy) is 1. The Labute approximate surface area is 193 Å². The largest absolute Gasteiger partial charge is 0.493 e. The number of nitrogens with zero attached hydrogens (tertiary/aromatic N) is 4. The first-order chi connectivity index (χ1) is 15.5. The second kappa shape index (κ2) is 8.79. The second-order valence-corrected chi connectivity index (χ2v) is 10.8. The van der Waals surface area contributed by atoms with Gasteiger partial charge in [-0.05, 0) is 108 Å². The average molecular weight is 437 g/mol. The van der Waals surface area contributed by atoms with Crippen molar-refractivity contribution in [3.8, 4) is 5.75 Å². The smallest absolute Gasteiger partial charge is 0.175 e. The fraction of sp³-hybridized carbons (Fsp3) is 0.741. The van der Waals surface area contributed by atoms with E-state index in [-0.39, 0.29) is 0 Å². The number of hydrogen-bond donors (Lipinski definition) is 0. The molecule has 0 spiro atoms. The minimum absolute atomic E-state index is 0.425.